The van der Waals surface area contributed by atoms with E-state index in [2.05, 4.69) is 88.7 Å². The predicted molar refractivity (Wildman–Crippen MR) is 131 cm³/mol. The van der Waals surface area contributed by atoms with Crippen LogP contribution in [0.4, 0.5) is 5.69 Å². The molecule has 0 saturated carbocycles. The first-order chi connectivity index (χ1) is 15.4. The van der Waals surface area contributed by atoms with Crippen LogP contribution in [-0.4, -0.2) is 37.6 Å². The summed E-state index contributed by atoms with van der Waals surface area (Å²) in [4.78, 5) is 5.23. The third-order valence-corrected chi connectivity index (χ3v) is 7.44. The van der Waals surface area contributed by atoms with Gasteiger partial charge in [0.05, 0.1) is 0 Å². The number of piperazine rings is 1. The third kappa shape index (κ3) is 3.49. The third-order valence-electron chi connectivity index (χ3n) is 7.44. The largest absolute Gasteiger partial charge is 0.369 e. The summed E-state index contributed by atoms with van der Waals surface area (Å²) < 4.78 is 0. The number of hydrogen-bond donors (Lipinski definition) is 0. The Labute approximate surface area is 185 Å². The molecule has 0 amide bonds. The van der Waals surface area contributed by atoms with E-state index in [1.807, 2.05) is 0 Å². The summed E-state index contributed by atoms with van der Waals surface area (Å²) in [7, 11) is 0. The highest BCUT2D eigenvalue weighted by atomic mass is 15.3. The molecule has 0 spiro atoms. The van der Waals surface area contributed by atoms with Gasteiger partial charge in [0.1, 0.15) is 0 Å². The van der Waals surface area contributed by atoms with Crippen molar-refractivity contribution in [2.75, 3.05) is 37.6 Å². The molecule has 2 heteroatoms. The highest BCUT2D eigenvalue weighted by Gasteiger charge is 2.28. The number of benzene rings is 3. The maximum absolute atomic E-state index is 2.70. The van der Waals surface area contributed by atoms with Crippen LogP contribution in [0.25, 0.3) is 17.2 Å². The van der Waals surface area contributed by atoms with Crippen LogP contribution in [0.1, 0.15) is 34.6 Å². The lowest BCUT2D eigenvalue weighted by molar-refractivity contribution is 0.241. The van der Waals surface area contributed by atoms with E-state index < -0.39 is 0 Å². The minimum absolute atomic E-state index is 0.614. The Kier molecular flexibility index (Phi) is 4.88. The lowest BCUT2D eigenvalue weighted by Gasteiger charge is -2.39. The van der Waals surface area contributed by atoms with E-state index in [1.165, 1.54) is 53.7 Å². The van der Waals surface area contributed by atoms with Gasteiger partial charge in [-0.05, 0) is 64.8 Å². The van der Waals surface area contributed by atoms with Crippen molar-refractivity contribution in [2.24, 2.45) is 0 Å². The topological polar surface area (TPSA) is 6.48 Å². The zero-order valence-corrected chi connectivity index (χ0v) is 18.1. The minimum Gasteiger partial charge on any atom is -0.369 e. The first kappa shape index (κ1) is 18.9. The van der Waals surface area contributed by atoms with Gasteiger partial charge in [0.15, 0.2) is 0 Å². The van der Waals surface area contributed by atoms with E-state index in [-0.39, 0.29) is 0 Å². The van der Waals surface area contributed by atoms with Crippen LogP contribution in [0.3, 0.4) is 0 Å². The van der Waals surface area contributed by atoms with Gasteiger partial charge in [-0.3, -0.25) is 4.90 Å². The van der Waals surface area contributed by atoms with Crippen LogP contribution >= 0.6 is 0 Å². The maximum Gasteiger partial charge on any atom is 0.0367 e. The summed E-state index contributed by atoms with van der Waals surface area (Å²) in [5.74, 6) is 0.614. The first-order valence-corrected chi connectivity index (χ1v) is 11.8. The van der Waals surface area contributed by atoms with Crippen molar-refractivity contribution >= 4 is 11.8 Å². The van der Waals surface area contributed by atoms with Crippen molar-refractivity contribution in [1.29, 1.82) is 0 Å². The molecule has 0 aromatic heterocycles. The number of anilines is 1. The van der Waals surface area contributed by atoms with E-state index in [9.17, 15) is 0 Å². The summed E-state index contributed by atoms with van der Waals surface area (Å²) in [5.41, 5.74) is 10.5. The van der Waals surface area contributed by atoms with Gasteiger partial charge in [-0.15, -0.1) is 0 Å². The maximum atomic E-state index is 2.70. The summed E-state index contributed by atoms with van der Waals surface area (Å²) in [5, 5.41) is 0. The lowest BCUT2D eigenvalue weighted by atomic mass is 9.76. The molecule has 1 atom stereocenters. The summed E-state index contributed by atoms with van der Waals surface area (Å²) >= 11 is 0. The molecule has 3 aromatic carbocycles. The number of allylic oxidation sites excluding steroid dienone is 1. The average Bonchev–Trinajstić information content (AvgIpc) is 2.85. The Bertz CT molecular complexity index is 1110. The smallest absolute Gasteiger partial charge is 0.0367 e. The Morgan fingerprint density at radius 2 is 1.55 bits per heavy atom. The number of rotatable bonds is 3. The normalized spacial score (nSPS) is 20.1. The SMILES string of the molecule is C1=Cc2ccc3c(c2C(CN2CCN(c4ccccc4)CC2)C1)CCc1ccccc1-3. The Hall–Kier alpha value is -2.84. The Morgan fingerprint density at radius 3 is 2.42 bits per heavy atom. The second kappa shape index (κ2) is 8.01. The van der Waals surface area contributed by atoms with Crippen molar-refractivity contribution in [1.82, 2.24) is 4.90 Å². The van der Waals surface area contributed by atoms with Gasteiger partial charge in [-0.2, -0.15) is 0 Å². The molecule has 3 aliphatic rings. The van der Waals surface area contributed by atoms with Gasteiger partial charge >= 0.3 is 0 Å². The molecule has 1 fully saturated rings. The summed E-state index contributed by atoms with van der Waals surface area (Å²) in [6.07, 6.45) is 8.29. The van der Waals surface area contributed by atoms with Crippen molar-refractivity contribution < 1.29 is 0 Å². The molecule has 6 rings (SSSR count). The summed E-state index contributed by atoms with van der Waals surface area (Å²) in [6.45, 7) is 5.74. The number of nitrogens with zero attached hydrogens (tertiary/aromatic N) is 2. The van der Waals surface area contributed by atoms with Crippen molar-refractivity contribution in [2.45, 2.75) is 25.2 Å². The molecule has 1 aliphatic heterocycles. The Morgan fingerprint density at radius 1 is 0.742 bits per heavy atom. The Balaban J connectivity index is 1.24. The fraction of sp³-hybridized carbons (Fsp3) is 0.310. The molecule has 2 nitrogen and oxygen atoms in total. The number of hydrogen-bond acceptors (Lipinski definition) is 2. The predicted octanol–water partition coefficient (Wildman–Crippen LogP) is 5.77. The number of para-hydroxylation sites is 1. The van der Waals surface area contributed by atoms with E-state index in [1.54, 1.807) is 11.1 Å². The van der Waals surface area contributed by atoms with Gasteiger partial charge in [0, 0.05) is 44.3 Å². The number of fused-ring (bicyclic) bond motifs is 5. The molecule has 0 radical (unpaired) electrons. The van der Waals surface area contributed by atoms with E-state index in [4.69, 9.17) is 0 Å². The van der Waals surface area contributed by atoms with Gasteiger partial charge in [-0.25, -0.2) is 0 Å². The van der Waals surface area contributed by atoms with Crippen molar-refractivity contribution in [3.8, 4) is 11.1 Å². The zero-order valence-electron chi connectivity index (χ0n) is 18.1. The molecule has 3 aromatic rings. The molecule has 31 heavy (non-hydrogen) atoms. The monoisotopic (exact) mass is 406 g/mol. The van der Waals surface area contributed by atoms with E-state index >= 15 is 0 Å². The molecular weight excluding hydrogens is 376 g/mol. The molecule has 2 aliphatic carbocycles. The second-order valence-electron chi connectivity index (χ2n) is 9.21. The molecule has 156 valence electrons. The van der Waals surface area contributed by atoms with Crippen LogP contribution in [0.2, 0.25) is 0 Å². The van der Waals surface area contributed by atoms with Gasteiger partial charge in [0.25, 0.3) is 0 Å². The fourth-order valence-electron chi connectivity index (χ4n) is 5.87. The molecule has 1 unspecified atom stereocenters. The average molecular weight is 407 g/mol. The lowest BCUT2D eigenvalue weighted by Crippen LogP contribution is -2.47. The highest BCUT2D eigenvalue weighted by Crippen LogP contribution is 2.42. The van der Waals surface area contributed by atoms with E-state index in [0.29, 0.717) is 5.92 Å². The van der Waals surface area contributed by atoms with Crippen molar-refractivity contribution in [3.05, 3.63) is 95.1 Å². The van der Waals surface area contributed by atoms with Crippen molar-refractivity contribution in [3.63, 3.8) is 0 Å². The molecule has 1 saturated heterocycles. The van der Waals surface area contributed by atoms with E-state index in [0.717, 1.165) is 26.2 Å². The first-order valence-electron chi connectivity index (χ1n) is 11.8. The van der Waals surface area contributed by atoms with Crippen LogP contribution in [-0.2, 0) is 12.8 Å². The van der Waals surface area contributed by atoms with Gasteiger partial charge in [0.2, 0.25) is 0 Å². The molecule has 0 bridgehead atoms. The van der Waals surface area contributed by atoms with Crippen LogP contribution in [0.15, 0.2) is 72.8 Å². The standard InChI is InChI=1S/C29H30N2/c1-2-10-25(11-3-1)31-19-17-30(18-20-31)21-24-9-6-8-23-14-15-27-26-12-5-4-7-22(26)13-16-28(27)29(23)24/h1-8,10-12,14-15,24H,9,13,16-21H2. The van der Waals surface area contributed by atoms with Crippen LogP contribution in [0.5, 0.6) is 0 Å². The summed E-state index contributed by atoms with van der Waals surface area (Å²) in [6, 6.07) is 24.6. The van der Waals surface area contributed by atoms with Gasteiger partial charge in [-0.1, -0.05) is 66.7 Å². The van der Waals surface area contributed by atoms with Gasteiger partial charge < -0.3 is 4.90 Å². The molecule has 0 N–H and O–H groups in total. The van der Waals surface area contributed by atoms with Crippen LogP contribution in [0, 0.1) is 0 Å². The molecular formula is C29H30N2. The zero-order chi connectivity index (χ0) is 20.6. The fourth-order valence-corrected chi connectivity index (χ4v) is 5.87. The number of aryl methyl sites for hydroxylation is 1. The second-order valence-corrected chi connectivity index (χ2v) is 9.21. The quantitative estimate of drug-likeness (QED) is 0.544. The van der Waals surface area contributed by atoms with Crippen LogP contribution < -0.4 is 4.90 Å². The highest BCUT2D eigenvalue weighted by molar-refractivity contribution is 5.77. The minimum atomic E-state index is 0.614. The molecule has 1 heterocycles.